The number of benzene rings is 1. The highest BCUT2D eigenvalue weighted by atomic mass is 32.3. The third kappa shape index (κ3) is 3.21. The van der Waals surface area contributed by atoms with Crippen molar-refractivity contribution in [1.82, 2.24) is 24.8 Å². The van der Waals surface area contributed by atoms with Gasteiger partial charge in [-0.3, -0.25) is 4.98 Å². The van der Waals surface area contributed by atoms with Crippen molar-refractivity contribution in [3.8, 4) is 0 Å². The van der Waals surface area contributed by atoms with E-state index in [0.717, 1.165) is 11.8 Å². The molecule has 1 N–H and O–H groups in total. The van der Waals surface area contributed by atoms with Crippen molar-refractivity contribution in [1.29, 1.82) is 0 Å². The zero-order valence-electron chi connectivity index (χ0n) is 15.1. The largest absolute Gasteiger partial charge is 0.604 e. The summed E-state index contributed by atoms with van der Waals surface area (Å²) in [6.45, 7) is 1.25. The maximum atomic E-state index is 13.0. The SMILES string of the molecule is COCCCNc1nc2c([S+](=O)([O-])c3cccnc3)nnn2c2ccccc12. The van der Waals surface area contributed by atoms with Crippen LogP contribution in [0.1, 0.15) is 6.42 Å². The van der Waals surface area contributed by atoms with Gasteiger partial charge >= 0.3 is 5.03 Å². The average molecular weight is 398 g/mol. The van der Waals surface area contributed by atoms with Gasteiger partial charge in [-0.05, 0) is 30.7 Å². The minimum Gasteiger partial charge on any atom is -0.604 e. The second-order valence-electron chi connectivity index (χ2n) is 6.07. The van der Waals surface area contributed by atoms with Gasteiger partial charge < -0.3 is 14.6 Å². The number of nitrogens with zero attached hydrogens (tertiary/aromatic N) is 5. The molecule has 3 aromatic heterocycles. The van der Waals surface area contributed by atoms with Gasteiger partial charge in [0.1, 0.15) is 16.0 Å². The number of methoxy groups -OCH3 is 1. The molecule has 0 bridgehead atoms. The van der Waals surface area contributed by atoms with Crippen LogP contribution in [-0.4, -0.2) is 49.6 Å². The predicted octanol–water partition coefficient (Wildman–Crippen LogP) is 2.17. The van der Waals surface area contributed by atoms with Gasteiger partial charge in [0.15, 0.2) is 4.90 Å². The van der Waals surface area contributed by atoms with E-state index in [-0.39, 0.29) is 15.6 Å². The normalized spacial score (nSPS) is 13.6. The lowest BCUT2D eigenvalue weighted by Crippen LogP contribution is -2.13. The molecule has 0 spiro atoms. The average Bonchev–Trinajstić information content (AvgIpc) is 3.17. The van der Waals surface area contributed by atoms with Crippen LogP contribution >= 0.6 is 0 Å². The van der Waals surface area contributed by atoms with Crippen LogP contribution in [0.25, 0.3) is 16.6 Å². The number of sulfone groups is 1. The number of hydrogen-bond donors (Lipinski definition) is 1. The number of pyridine rings is 1. The number of hydrogen-bond acceptors (Lipinski definition) is 8. The molecule has 28 heavy (non-hydrogen) atoms. The quantitative estimate of drug-likeness (QED) is 0.372. The van der Waals surface area contributed by atoms with E-state index in [2.05, 4.69) is 25.6 Å². The number of anilines is 1. The van der Waals surface area contributed by atoms with Gasteiger partial charge in [-0.15, -0.1) is 0 Å². The molecule has 1 atom stereocenters. The maximum absolute atomic E-state index is 13.0. The molecule has 0 aliphatic heterocycles. The molecule has 0 amide bonds. The van der Waals surface area contributed by atoms with Crippen molar-refractivity contribution in [2.24, 2.45) is 0 Å². The molecular formula is C18H18N6O3S. The molecule has 1 unspecified atom stereocenters. The molecule has 10 heteroatoms. The monoisotopic (exact) mass is 398 g/mol. The first kappa shape index (κ1) is 18.4. The zero-order chi connectivity index (χ0) is 19.6. The Bertz CT molecular complexity index is 1160. The van der Waals surface area contributed by atoms with Crippen molar-refractivity contribution in [2.45, 2.75) is 16.3 Å². The summed E-state index contributed by atoms with van der Waals surface area (Å²) in [5.74, 6) is 0.573. The van der Waals surface area contributed by atoms with E-state index in [1.165, 1.54) is 23.0 Å². The number of fused-ring (bicyclic) bond motifs is 3. The Morgan fingerprint density at radius 1 is 1.25 bits per heavy atom. The second-order valence-corrected chi connectivity index (χ2v) is 7.94. The van der Waals surface area contributed by atoms with E-state index in [4.69, 9.17) is 4.74 Å². The Morgan fingerprint density at radius 2 is 2.11 bits per heavy atom. The van der Waals surface area contributed by atoms with E-state index in [1.807, 2.05) is 24.3 Å². The summed E-state index contributed by atoms with van der Waals surface area (Å²) in [4.78, 5) is 8.47. The standard InChI is InChI=1S/C18H18N6O3S/c1-27-11-5-10-20-16-14-7-2-3-8-15(14)24-17(21-16)18(22-23-24)28(25,26)13-6-4-9-19-12-13/h2-4,6-9,12H,5,10-11H2,1H3,(H-,20,21,25,26). The molecule has 0 radical (unpaired) electrons. The third-order valence-corrected chi connectivity index (χ3v) is 5.87. The van der Waals surface area contributed by atoms with E-state index in [0.29, 0.717) is 24.5 Å². The summed E-state index contributed by atoms with van der Waals surface area (Å²) >= 11 is 0. The number of rotatable bonds is 7. The summed E-state index contributed by atoms with van der Waals surface area (Å²) in [5.41, 5.74) is 0.874. The molecule has 1 aromatic carbocycles. The molecule has 144 valence electrons. The number of para-hydroxylation sites is 1. The van der Waals surface area contributed by atoms with Crippen LogP contribution < -0.4 is 5.32 Å². The van der Waals surface area contributed by atoms with Crippen LogP contribution in [0.5, 0.6) is 0 Å². The number of nitrogens with one attached hydrogen (secondary N) is 1. The van der Waals surface area contributed by atoms with Gasteiger partial charge in [-0.1, -0.05) is 26.7 Å². The molecule has 4 rings (SSSR count). The van der Waals surface area contributed by atoms with Crippen molar-refractivity contribution >= 4 is 32.6 Å². The highest BCUT2D eigenvalue weighted by Gasteiger charge is 2.32. The first-order valence-electron chi connectivity index (χ1n) is 8.65. The fraction of sp³-hybridized carbons (Fsp3) is 0.222. The molecule has 0 saturated carbocycles. The fourth-order valence-corrected chi connectivity index (χ4v) is 4.09. The summed E-state index contributed by atoms with van der Waals surface area (Å²) in [6.07, 6.45) is 3.58. The first-order valence-corrected chi connectivity index (χ1v) is 10.1. The summed E-state index contributed by atoms with van der Waals surface area (Å²) in [6, 6.07) is 10.5. The molecule has 0 fully saturated rings. The topological polar surface area (TPSA) is 117 Å². The van der Waals surface area contributed by atoms with Crippen LogP contribution in [0.2, 0.25) is 0 Å². The van der Waals surface area contributed by atoms with Crippen LogP contribution in [0.4, 0.5) is 5.82 Å². The second kappa shape index (κ2) is 7.58. The van der Waals surface area contributed by atoms with Crippen molar-refractivity contribution in [2.75, 3.05) is 25.6 Å². The van der Waals surface area contributed by atoms with E-state index < -0.39 is 10.2 Å². The lowest BCUT2D eigenvalue weighted by Gasteiger charge is -2.12. The minimum atomic E-state index is -3.90. The Labute approximate surface area is 162 Å². The van der Waals surface area contributed by atoms with Crippen LogP contribution in [0, 0.1) is 0 Å². The van der Waals surface area contributed by atoms with Crippen LogP contribution in [0.3, 0.4) is 0 Å². The summed E-state index contributed by atoms with van der Waals surface area (Å²) in [7, 11) is -2.26. The molecule has 9 nitrogen and oxygen atoms in total. The maximum Gasteiger partial charge on any atom is 0.318 e. The Balaban J connectivity index is 1.86. The molecular weight excluding hydrogens is 380 g/mol. The highest BCUT2D eigenvalue weighted by Crippen LogP contribution is 2.30. The molecule has 3 heterocycles. The van der Waals surface area contributed by atoms with Gasteiger partial charge in [0.05, 0.1) is 11.7 Å². The fourth-order valence-electron chi connectivity index (χ4n) is 2.89. The highest BCUT2D eigenvalue weighted by molar-refractivity contribution is 7.97. The van der Waals surface area contributed by atoms with Gasteiger partial charge in [0.25, 0.3) is 0 Å². The smallest absolute Gasteiger partial charge is 0.318 e. The van der Waals surface area contributed by atoms with E-state index in [9.17, 15) is 8.76 Å². The lowest BCUT2D eigenvalue weighted by atomic mass is 10.2. The Kier molecular flexibility index (Phi) is 4.99. The van der Waals surface area contributed by atoms with Gasteiger partial charge in [0.2, 0.25) is 5.65 Å². The van der Waals surface area contributed by atoms with Gasteiger partial charge in [-0.25, -0.2) is 4.98 Å². The Morgan fingerprint density at radius 3 is 2.89 bits per heavy atom. The molecule has 0 aliphatic rings. The summed E-state index contributed by atoms with van der Waals surface area (Å²) < 4.78 is 32.6. The van der Waals surface area contributed by atoms with Gasteiger partial charge in [0, 0.05) is 31.8 Å². The lowest BCUT2D eigenvalue weighted by molar-refractivity contribution is 0.198. The molecule has 0 saturated heterocycles. The van der Waals surface area contributed by atoms with Crippen LogP contribution in [0.15, 0.2) is 58.7 Å². The zero-order valence-corrected chi connectivity index (χ0v) is 15.9. The van der Waals surface area contributed by atoms with Crippen molar-refractivity contribution in [3.05, 3.63) is 48.8 Å². The summed E-state index contributed by atoms with van der Waals surface area (Å²) in [5, 5.41) is 11.9. The molecule has 0 aliphatic carbocycles. The minimum absolute atomic E-state index is 0.0435. The number of ether oxygens (including phenoxy) is 1. The first-order chi connectivity index (χ1) is 13.6. The Hall–Kier alpha value is -2.95. The van der Waals surface area contributed by atoms with Gasteiger partial charge in [-0.2, -0.15) is 4.52 Å². The number of aromatic nitrogens is 5. The van der Waals surface area contributed by atoms with Crippen molar-refractivity contribution in [3.63, 3.8) is 0 Å². The van der Waals surface area contributed by atoms with E-state index >= 15 is 0 Å². The third-order valence-electron chi connectivity index (χ3n) is 4.24. The van der Waals surface area contributed by atoms with E-state index in [1.54, 1.807) is 13.2 Å². The van der Waals surface area contributed by atoms with Crippen LogP contribution in [-0.2, 0) is 19.2 Å². The predicted molar refractivity (Wildman–Crippen MR) is 103 cm³/mol. The van der Waals surface area contributed by atoms with Crippen molar-refractivity contribution < 1.29 is 13.5 Å². The molecule has 4 aromatic rings.